The van der Waals surface area contributed by atoms with Crippen molar-refractivity contribution < 1.29 is 42.6 Å². The second-order valence-corrected chi connectivity index (χ2v) is 22.4. The van der Waals surface area contributed by atoms with Gasteiger partial charge in [0, 0.05) is 38.5 Å². The summed E-state index contributed by atoms with van der Waals surface area (Å²) in [6, 6.07) is 15.2. The van der Waals surface area contributed by atoms with Crippen molar-refractivity contribution in [3.63, 3.8) is 0 Å². The van der Waals surface area contributed by atoms with Gasteiger partial charge in [-0.05, 0) is 110 Å². The fourth-order valence-corrected chi connectivity index (χ4v) is 11.3. The van der Waals surface area contributed by atoms with Crippen molar-refractivity contribution in [1.82, 2.24) is 50.8 Å². The molecule has 434 valence electrons. The maximum atomic E-state index is 14.7. The highest BCUT2D eigenvalue weighted by atomic mass is 19.1. The molecule has 3 aromatic carbocycles. The molecule has 1 fully saturated rings. The van der Waals surface area contributed by atoms with Crippen LogP contribution in [-0.2, 0) is 61.1 Å². The van der Waals surface area contributed by atoms with Gasteiger partial charge in [-0.25, -0.2) is 14.4 Å². The molecule has 0 saturated carbocycles. The van der Waals surface area contributed by atoms with Crippen LogP contribution in [0.4, 0.5) is 21.8 Å². The number of amides is 5. The van der Waals surface area contributed by atoms with E-state index in [9.17, 15) is 28.4 Å². The Balaban J connectivity index is 0.751. The molecule has 82 heavy (non-hydrogen) atoms. The molecule has 9 rings (SSSR count). The number of nitrogens with zero attached hydrogens (tertiary/aromatic N) is 8. The molecule has 0 radical (unpaired) electrons. The predicted octanol–water partition coefficient (Wildman–Crippen LogP) is 5.74. The maximum Gasteiger partial charge on any atom is 0.262 e. The first-order valence-electron chi connectivity index (χ1n) is 28.2. The van der Waals surface area contributed by atoms with Gasteiger partial charge in [0.05, 0.1) is 75.1 Å². The van der Waals surface area contributed by atoms with E-state index in [2.05, 4.69) is 43.2 Å². The highest BCUT2D eigenvalue weighted by Crippen LogP contribution is 2.42. The number of nitrogen functional groups attached to an aromatic ring is 1. The molecule has 5 heterocycles. The molecular weight excluding hydrogens is 1050 g/mol. The molecule has 5 atom stereocenters. The molecule has 22 heteroatoms. The van der Waals surface area contributed by atoms with Crippen molar-refractivity contribution in [3.05, 3.63) is 123 Å². The summed E-state index contributed by atoms with van der Waals surface area (Å²) in [5.74, 6) is -0.656. The monoisotopic (exact) mass is 1120 g/mol. The number of nitrogens with two attached hydrogens (primary N) is 1. The van der Waals surface area contributed by atoms with Crippen molar-refractivity contribution in [1.29, 1.82) is 0 Å². The Morgan fingerprint density at radius 3 is 2.50 bits per heavy atom. The molecule has 5 aromatic rings. The van der Waals surface area contributed by atoms with Gasteiger partial charge in [0.2, 0.25) is 23.6 Å². The number of likely N-dealkylation sites (N-methyl/N-ethyl adjacent to an activating group) is 1. The van der Waals surface area contributed by atoms with E-state index in [4.69, 9.17) is 36.6 Å². The largest absolute Gasteiger partial charge is 0.491 e. The van der Waals surface area contributed by atoms with Gasteiger partial charge in [-0.3, -0.25) is 24.0 Å². The van der Waals surface area contributed by atoms with E-state index in [0.29, 0.717) is 52.6 Å². The molecule has 2 aromatic heterocycles. The first kappa shape index (κ1) is 58.6. The van der Waals surface area contributed by atoms with E-state index >= 15 is 0 Å². The lowest BCUT2D eigenvalue weighted by Crippen LogP contribution is -2.62. The molecule has 6 N–H and O–H groups in total. The summed E-state index contributed by atoms with van der Waals surface area (Å²) in [7, 11) is 3.32. The van der Waals surface area contributed by atoms with Crippen molar-refractivity contribution in [3.8, 4) is 17.0 Å². The molecule has 1 saturated heterocycles. The quantitative estimate of drug-likeness (QED) is 0.0489. The van der Waals surface area contributed by atoms with Gasteiger partial charge in [0.15, 0.2) is 11.6 Å². The Labute approximate surface area is 477 Å². The maximum absolute atomic E-state index is 14.7. The number of carbonyl (C=O) groups is 5. The zero-order chi connectivity index (χ0) is 58.2. The lowest BCUT2D eigenvalue weighted by molar-refractivity contribution is -0.147. The standard InChI is InChI=1S/C60H74FN13O8/c1-36(63-5)56(76)69-52(60(2,3)4)59(79)73-34-39-30-41(19-17-38(39)31-49(73)57(77)68-45-15-10-13-37-12-8-9-14-42(37)45)82-29-28-81-27-26-80-25-21-50(75)65-22-24-74-54(64-6)51-46-33-66-53(62)55(67-46)72-23-11-16-48(72)44-32-40(61)18-20-43(44)58(78)71(7)35-47(51)70-74/h8-9,12,14,17-20,30,32-33,36,45,48-49,52,63H,10-11,13,15-16,21-29,31,34-35H2,1-5,7H3,(H2,62,66)(H,65,75)(H,68,77)(H,69,76)/t36-,45+,48+,49-,52+/m0/s1. The number of rotatable bonds is 19. The number of aryl methyl sites for hydroxylation is 1. The van der Waals surface area contributed by atoms with E-state index in [0.717, 1.165) is 42.4 Å². The lowest BCUT2D eigenvalue weighted by Gasteiger charge is -2.41. The van der Waals surface area contributed by atoms with Gasteiger partial charge in [-0.1, -0.05) is 57.7 Å². The third-order valence-electron chi connectivity index (χ3n) is 15.8. The zero-order valence-corrected chi connectivity index (χ0v) is 47.6. The van der Waals surface area contributed by atoms with E-state index < -0.39 is 29.4 Å². The second-order valence-electron chi connectivity index (χ2n) is 22.4. The van der Waals surface area contributed by atoms with E-state index in [1.807, 2.05) is 56.0 Å². The number of anilines is 2. The Hall–Kier alpha value is -8.00. The average Bonchev–Trinajstić information content (AvgIpc) is 4.25. The summed E-state index contributed by atoms with van der Waals surface area (Å²) in [6.07, 6.45) is 5.95. The van der Waals surface area contributed by atoms with Crippen LogP contribution in [0.3, 0.4) is 0 Å². The number of fused-ring (bicyclic) bond motifs is 10. The minimum absolute atomic E-state index is 0.00991. The summed E-state index contributed by atoms with van der Waals surface area (Å²) in [5, 5.41) is 16.8. The van der Waals surface area contributed by atoms with Crippen molar-refractivity contribution >= 4 is 47.0 Å². The first-order valence-corrected chi connectivity index (χ1v) is 28.2. The van der Waals surface area contributed by atoms with Gasteiger partial charge >= 0.3 is 0 Å². The summed E-state index contributed by atoms with van der Waals surface area (Å²) in [6.45, 7) is 17.7. The third kappa shape index (κ3) is 13.2. The summed E-state index contributed by atoms with van der Waals surface area (Å²) < 4.78 is 33.8. The molecule has 21 nitrogen and oxygen atoms in total. The minimum Gasteiger partial charge on any atom is -0.491 e. The van der Waals surface area contributed by atoms with Crippen LogP contribution in [0.5, 0.6) is 5.75 Å². The van der Waals surface area contributed by atoms with Crippen LogP contribution >= 0.6 is 0 Å². The summed E-state index contributed by atoms with van der Waals surface area (Å²) in [5.41, 5.74) is 11.9. The van der Waals surface area contributed by atoms with Crippen LogP contribution in [-0.4, -0.2) is 137 Å². The van der Waals surface area contributed by atoms with Crippen LogP contribution in [0.15, 0.2) is 66.9 Å². The molecule has 4 aliphatic rings. The molecule has 3 aliphatic heterocycles. The Morgan fingerprint density at radius 1 is 0.939 bits per heavy atom. The number of hydrogen-bond donors (Lipinski definition) is 5. The van der Waals surface area contributed by atoms with Gasteiger partial charge in [-0.2, -0.15) is 4.68 Å². The molecular formula is C60H74FN13O8. The van der Waals surface area contributed by atoms with Crippen molar-refractivity contribution in [2.45, 2.75) is 122 Å². The average molecular weight is 1120 g/mol. The molecule has 5 amide bonds. The highest BCUT2D eigenvalue weighted by Gasteiger charge is 2.43. The Kier molecular flexibility index (Phi) is 18.5. The number of halogens is 1. The highest BCUT2D eigenvalue weighted by molar-refractivity contribution is 5.96. The van der Waals surface area contributed by atoms with Gasteiger partial charge in [0.25, 0.3) is 11.7 Å². The zero-order valence-electron chi connectivity index (χ0n) is 47.6. The van der Waals surface area contributed by atoms with E-state index in [-0.39, 0.29) is 125 Å². The molecule has 1 aliphatic carbocycles. The van der Waals surface area contributed by atoms with Crippen LogP contribution in [0, 0.1) is 17.8 Å². The fraction of sp³-hybridized carbons (Fsp3) is 0.483. The predicted molar refractivity (Wildman–Crippen MR) is 305 cm³/mol. The third-order valence-corrected chi connectivity index (χ3v) is 15.8. The topological polar surface area (TPSA) is 245 Å². The lowest BCUT2D eigenvalue weighted by atomic mass is 9.83. The SMILES string of the molecule is [C-]#[N+]c1c2c(nn1CCNC(=O)CCOCCOCCOc1ccc3c(c1)CN(C(=O)[C@@H](NC(=O)[C@H](C)NC)C(C)(C)C)[C@H](C(=O)N[C@@H]1CCCc4ccccc41)C3)CN(C)C(=O)c1ccc(F)cc1[C@H]1CCCN1c1nc-2cnc1N. The van der Waals surface area contributed by atoms with E-state index in [1.54, 1.807) is 25.9 Å². The van der Waals surface area contributed by atoms with Crippen molar-refractivity contribution in [2.24, 2.45) is 5.41 Å². The van der Waals surface area contributed by atoms with Crippen LogP contribution in [0.25, 0.3) is 16.1 Å². The fourth-order valence-electron chi connectivity index (χ4n) is 11.3. The van der Waals surface area contributed by atoms with E-state index in [1.165, 1.54) is 39.5 Å². The molecule has 2 bridgehead atoms. The number of nitrogens with one attached hydrogen (secondary N) is 4. The number of benzene rings is 3. The Bertz CT molecular complexity index is 3230. The number of carbonyl (C=O) groups excluding carboxylic acids is 5. The Morgan fingerprint density at radius 2 is 1.72 bits per heavy atom. The van der Waals surface area contributed by atoms with Crippen LogP contribution in [0.1, 0.15) is 116 Å². The van der Waals surface area contributed by atoms with Gasteiger partial charge < -0.3 is 60.8 Å². The van der Waals surface area contributed by atoms with Crippen LogP contribution in [0.2, 0.25) is 0 Å². The van der Waals surface area contributed by atoms with Crippen molar-refractivity contribution in [2.75, 3.05) is 70.9 Å². The van der Waals surface area contributed by atoms with Gasteiger partial charge in [0.1, 0.15) is 42.5 Å². The summed E-state index contributed by atoms with van der Waals surface area (Å²) >= 11 is 0. The minimum atomic E-state index is -0.908. The number of ether oxygens (including phenoxy) is 3. The molecule has 0 unspecified atom stereocenters. The number of aromatic nitrogens is 4. The second kappa shape index (κ2) is 25.8. The smallest absolute Gasteiger partial charge is 0.262 e. The summed E-state index contributed by atoms with van der Waals surface area (Å²) in [4.78, 5) is 87.5. The molecule has 0 spiro atoms. The van der Waals surface area contributed by atoms with Crippen LogP contribution < -0.4 is 36.6 Å². The van der Waals surface area contributed by atoms with Gasteiger partial charge in [-0.15, -0.1) is 5.10 Å². The normalized spacial score (nSPS) is 18.2. The number of hydrogen-bond acceptors (Lipinski definition) is 14. The first-order chi connectivity index (χ1) is 39.4.